The summed E-state index contributed by atoms with van der Waals surface area (Å²) < 4.78 is 24.9. The molecule has 0 amide bonds. The van der Waals surface area contributed by atoms with Crippen LogP contribution >= 0.6 is 27.3 Å². The van der Waals surface area contributed by atoms with Crippen LogP contribution in [0.25, 0.3) is 23.1 Å². The van der Waals surface area contributed by atoms with Gasteiger partial charge in [-0.15, -0.1) is 0 Å². The van der Waals surface area contributed by atoms with Crippen molar-refractivity contribution in [3.8, 4) is 17.1 Å². The van der Waals surface area contributed by atoms with Gasteiger partial charge in [0.2, 0.25) is 0 Å². The average Bonchev–Trinajstić information content (AvgIpc) is 3.67. The van der Waals surface area contributed by atoms with Crippen LogP contribution in [0, 0.1) is 0 Å². The lowest BCUT2D eigenvalue weighted by molar-refractivity contribution is -0.138. The van der Waals surface area contributed by atoms with Crippen LogP contribution in [-0.2, 0) is 14.3 Å². The van der Waals surface area contributed by atoms with Gasteiger partial charge in [0.15, 0.2) is 4.80 Å². The van der Waals surface area contributed by atoms with Crippen molar-refractivity contribution in [1.29, 1.82) is 0 Å². The number of thiazole rings is 1. The lowest BCUT2D eigenvalue weighted by Gasteiger charge is -2.27. The molecule has 46 heavy (non-hydrogen) atoms. The number of furan rings is 1. The number of methoxy groups -OCH3 is 2. The van der Waals surface area contributed by atoms with E-state index in [4.69, 9.17) is 23.6 Å². The Kier molecular flexibility index (Phi) is 8.87. The second-order valence-corrected chi connectivity index (χ2v) is 12.0. The highest BCUT2D eigenvalue weighted by Crippen LogP contribution is 2.40. The van der Waals surface area contributed by atoms with Crippen molar-refractivity contribution in [2.24, 2.45) is 4.99 Å². The van der Waals surface area contributed by atoms with Crippen LogP contribution < -0.4 is 19.6 Å². The molecule has 1 aliphatic heterocycles. The molecule has 5 aromatic rings. The molecule has 0 radical (unpaired) electrons. The van der Waals surface area contributed by atoms with Gasteiger partial charge in [-0.2, -0.15) is 0 Å². The van der Waals surface area contributed by atoms with Crippen molar-refractivity contribution in [1.82, 2.24) is 4.57 Å². The molecule has 3 aromatic carbocycles. The fourth-order valence-corrected chi connectivity index (χ4v) is 6.70. The van der Waals surface area contributed by atoms with Crippen molar-refractivity contribution in [2.45, 2.75) is 13.0 Å². The Bertz CT molecular complexity index is 2180. The first-order valence-electron chi connectivity index (χ1n) is 14.2. The molecule has 11 heteroatoms. The maximum absolute atomic E-state index is 14.3. The largest absolute Gasteiger partial charge is 0.496 e. The molecule has 3 heterocycles. The number of fused-ring (bicyclic) bond motifs is 1. The van der Waals surface area contributed by atoms with Gasteiger partial charge in [-0.05, 0) is 43.3 Å². The lowest BCUT2D eigenvalue weighted by atomic mass is 9.92. The first-order valence-corrected chi connectivity index (χ1v) is 15.8. The van der Waals surface area contributed by atoms with E-state index in [1.54, 1.807) is 55.5 Å². The fraction of sp³-hybridized carbons (Fsp3) is 0.143. The molecule has 0 saturated carbocycles. The molecular weight excluding hydrogens is 672 g/mol. The molecule has 0 aliphatic carbocycles. The number of rotatable bonds is 8. The van der Waals surface area contributed by atoms with E-state index in [-0.39, 0.29) is 17.7 Å². The van der Waals surface area contributed by atoms with Gasteiger partial charge >= 0.3 is 11.9 Å². The van der Waals surface area contributed by atoms with E-state index in [1.165, 1.54) is 30.1 Å². The molecule has 2 aromatic heterocycles. The maximum atomic E-state index is 14.3. The molecule has 0 saturated heterocycles. The number of benzene rings is 3. The molecule has 1 atom stereocenters. The third-order valence-electron chi connectivity index (χ3n) is 7.36. The van der Waals surface area contributed by atoms with Crippen LogP contribution in [0.3, 0.4) is 0 Å². The minimum atomic E-state index is -0.917. The molecule has 6 rings (SSSR count). The van der Waals surface area contributed by atoms with E-state index in [0.29, 0.717) is 54.6 Å². The minimum Gasteiger partial charge on any atom is -0.496 e. The van der Waals surface area contributed by atoms with Crippen LogP contribution in [0.2, 0.25) is 0 Å². The number of halogens is 1. The summed E-state index contributed by atoms with van der Waals surface area (Å²) in [6.45, 7) is 1.86. The Morgan fingerprint density at radius 3 is 2.50 bits per heavy atom. The molecule has 0 bridgehead atoms. The first-order chi connectivity index (χ1) is 22.3. The monoisotopic (exact) mass is 698 g/mol. The van der Waals surface area contributed by atoms with E-state index in [0.717, 1.165) is 4.47 Å². The van der Waals surface area contributed by atoms with Gasteiger partial charge in [0.05, 0.1) is 42.2 Å². The number of nitrogens with zero attached hydrogens (tertiary/aromatic N) is 2. The summed E-state index contributed by atoms with van der Waals surface area (Å²) in [5.41, 5.74) is 2.43. The summed E-state index contributed by atoms with van der Waals surface area (Å²) in [6, 6.07) is 24.2. The second-order valence-electron chi connectivity index (χ2n) is 10.1. The highest BCUT2D eigenvalue weighted by molar-refractivity contribution is 9.10. The number of ether oxygens (including phenoxy) is 3. The molecular formula is C35H27BrN2O7S. The molecule has 1 aliphatic rings. The average molecular weight is 700 g/mol. The summed E-state index contributed by atoms with van der Waals surface area (Å²) >= 11 is 4.71. The highest BCUT2D eigenvalue weighted by atomic mass is 79.9. The van der Waals surface area contributed by atoms with Crippen LogP contribution in [-0.4, -0.2) is 37.3 Å². The zero-order valence-corrected chi connectivity index (χ0v) is 27.4. The van der Waals surface area contributed by atoms with Crippen LogP contribution in [0.4, 0.5) is 0 Å². The Hall–Kier alpha value is -5.00. The third kappa shape index (κ3) is 5.75. The predicted molar refractivity (Wildman–Crippen MR) is 177 cm³/mol. The molecule has 0 fully saturated rings. The smallest absolute Gasteiger partial charge is 0.338 e. The van der Waals surface area contributed by atoms with Gasteiger partial charge in [-0.25, -0.2) is 14.6 Å². The summed E-state index contributed by atoms with van der Waals surface area (Å²) in [5.74, 6) is 0.235. The lowest BCUT2D eigenvalue weighted by Crippen LogP contribution is -2.40. The van der Waals surface area contributed by atoms with Crippen LogP contribution in [0.1, 0.15) is 40.2 Å². The van der Waals surface area contributed by atoms with Crippen LogP contribution in [0.15, 0.2) is 109 Å². The molecule has 232 valence electrons. The normalized spacial score (nSPS) is 14.4. The number of carbonyl (C=O) groups excluding carboxylic acids is 2. The second kappa shape index (κ2) is 13.2. The van der Waals surface area contributed by atoms with Crippen molar-refractivity contribution in [3.05, 3.63) is 137 Å². The molecule has 0 spiro atoms. The van der Waals surface area contributed by atoms with Crippen molar-refractivity contribution >= 4 is 51.0 Å². The van der Waals surface area contributed by atoms with Gasteiger partial charge in [-0.1, -0.05) is 75.8 Å². The Labute approximate surface area is 275 Å². The van der Waals surface area contributed by atoms with Crippen molar-refractivity contribution in [3.63, 3.8) is 0 Å². The summed E-state index contributed by atoms with van der Waals surface area (Å²) in [7, 11) is 2.86. The SMILES string of the molecule is CCOC(=O)C1=C(c2ccccc2)N=c2s/c(=C\c3ccc(-c4ccccc4C(=O)OC)o3)c(=O)n2[C@H]1c1cc(Br)ccc1OC. The maximum Gasteiger partial charge on any atom is 0.338 e. The van der Waals surface area contributed by atoms with Gasteiger partial charge in [0, 0.05) is 27.2 Å². The van der Waals surface area contributed by atoms with Gasteiger partial charge < -0.3 is 18.6 Å². The van der Waals surface area contributed by atoms with E-state index in [9.17, 15) is 14.4 Å². The molecule has 0 N–H and O–H groups in total. The summed E-state index contributed by atoms with van der Waals surface area (Å²) in [6.07, 6.45) is 1.62. The first kappa shape index (κ1) is 31.0. The Morgan fingerprint density at radius 2 is 1.76 bits per heavy atom. The quantitative estimate of drug-likeness (QED) is 0.190. The van der Waals surface area contributed by atoms with E-state index in [2.05, 4.69) is 15.9 Å². The van der Waals surface area contributed by atoms with Gasteiger partial charge in [0.1, 0.15) is 23.3 Å². The summed E-state index contributed by atoms with van der Waals surface area (Å²) in [4.78, 5) is 45.6. The third-order valence-corrected chi connectivity index (χ3v) is 8.83. The topological polar surface area (TPSA) is 109 Å². The number of carbonyl (C=O) groups is 2. The predicted octanol–water partition coefficient (Wildman–Crippen LogP) is 5.75. The minimum absolute atomic E-state index is 0.136. The van der Waals surface area contributed by atoms with E-state index in [1.807, 2.05) is 42.5 Å². The molecule has 0 unspecified atom stereocenters. The van der Waals surface area contributed by atoms with Crippen molar-refractivity contribution in [2.75, 3.05) is 20.8 Å². The number of esters is 2. The zero-order chi connectivity index (χ0) is 32.4. The van der Waals surface area contributed by atoms with Gasteiger partial charge in [-0.3, -0.25) is 9.36 Å². The number of hydrogen-bond acceptors (Lipinski definition) is 9. The van der Waals surface area contributed by atoms with E-state index >= 15 is 0 Å². The highest BCUT2D eigenvalue weighted by Gasteiger charge is 2.37. The zero-order valence-electron chi connectivity index (χ0n) is 25.0. The molecule has 9 nitrogen and oxygen atoms in total. The Balaban J connectivity index is 1.58. The van der Waals surface area contributed by atoms with Crippen molar-refractivity contribution < 1.29 is 28.2 Å². The standard InChI is InChI=1S/C35H27BrN2O7S/c1-4-44-34(41)29-30(20-10-6-5-7-11-20)37-35-38(31(29)25-18-21(36)14-16-26(25)42-2)32(39)28(46-35)19-22-15-17-27(45-22)23-12-8-9-13-24(23)33(40)43-3/h5-19,31H,4H2,1-3H3/b28-19-/t31-/m0/s1. The Morgan fingerprint density at radius 1 is 1.00 bits per heavy atom. The summed E-state index contributed by atoms with van der Waals surface area (Å²) in [5, 5.41) is 0. The fourth-order valence-electron chi connectivity index (χ4n) is 5.34. The van der Waals surface area contributed by atoms with E-state index < -0.39 is 18.0 Å². The number of hydrogen-bond donors (Lipinski definition) is 0. The van der Waals surface area contributed by atoms with Crippen LogP contribution in [0.5, 0.6) is 5.75 Å². The van der Waals surface area contributed by atoms with Gasteiger partial charge in [0.25, 0.3) is 5.56 Å². The number of aromatic nitrogens is 1.